The van der Waals surface area contributed by atoms with Crippen molar-refractivity contribution in [2.75, 3.05) is 0 Å². The largest absolute Gasteiger partial charge is 0.271 e. The molecule has 0 saturated carbocycles. The molecule has 0 aliphatic heterocycles. The van der Waals surface area contributed by atoms with E-state index in [2.05, 4.69) is 10.5 Å². The molecule has 3 nitrogen and oxygen atoms in total. The van der Waals surface area contributed by atoms with Crippen molar-refractivity contribution in [2.45, 2.75) is 6.92 Å². The van der Waals surface area contributed by atoms with Gasteiger partial charge in [0.25, 0.3) is 5.91 Å². The number of benzene rings is 3. The lowest BCUT2D eigenvalue weighted by atomic mass is 10.0. The van der Waals surface area contributed by atoms with E-state index in [0.717, 1.165) is 16.7 Å². The Hall–Kier alpha value is -2.62. The average Bonchev–Trinajstić information content (AvgIpc) is 2.68. The second kappa shape index (κ2) is 8.17. The van der Waals surface area contributed by atoms with Crippen molar-refractivity contribution in [3.05, 3.63) is 94.0 Å². The first-order chi connectivity index (χ1) is 12.5. The number of carbonyl (C=O) groups is 1. The number of nitrogens with one attached hydrogen (secondary N) is 1. The van der Waals surface area contributed by atoms with Crippen LogP contribution in [0.5, 0.6) is 0 Å². The van der Waals surface area contributed by atoms with Crippen LogP contribution in [0.1, 0.15) is 22.8 Å². The number of hydrazone groups is 1. The van der Waals surface area contributed by atoms with E-state index in [0.29, 0.717) is 21.3 Å². The summed E-state index contributed by atoms with van der Waals surface area (Å²) < 4.78 is 0. The molecule has 1 amide bonds. The fourth-order valence-corrected chi connectivity index (χ4v) is 2.73. The number of hydrogen-bond donors (Lipinski definition) is 1. The van der Waals surface area contributed by atoms with Crippen molar-refractivity contribution in [2.24, 2.45) is 5.10 Å². The Kier molecular flexibility index (Phi) is 5.71. The van der Waals surface area contributed by atoms with Crippen LogP contribution in [-0.4, -0.2) is 11.6 Å². The molecule has 0 aliphatic rings. The summed E-state index contributed by atoms with van der Waals surface area (Å²) in [5.74, 6) is -0.274. The molecule has 0 radical (unpaired) electrons. The van der Waals surface area contributed by atoms with Gasteiger partial charge >= 0.3 is 0 Å². The fraction of sp³-hybridized carbons (Fsp3) is 0.0476. The van der Waals surface area contributed by atoms with E-state index in [4.69, 9.17) is 23.2 Å². The normalized spacial score (nSPS) is 11.3. The smallest absolute Gasteiger partial charge is 0.267 e. The van der Waals surface area contributed by atoms with Crippen LogP contribution in [0.25, 0.3) is 11.1 Å². The topological polar surface area (TPSA) is 41.5 Å². The van der Waals surface area contributed by atoms with Crippen LogP contribution in [0.15, 0.2) is 77.9 Å². The highest BCUT2D eigenvalue weighted by molar-refractivity contribution is 6.42. The van der Waals surface area contributed by atoms with Gasteiger partial charge in [0, 0.05) is 5.56 Å². The average molecular weight is 383 g/mol. The summed E-state index contributed by atoms with van der Waals surface area (Å²) in [5, 5.41) is 5.06. The Bertz CT molecular complexity index is 952. The van der Waals surface area contributed by atoms with E-state index in [1.165, 1.54) is 0 Å². The van der Waals surface area contributed by atoms with Crippen molar-refractivity contribution >= 4 is 34.8 Å². The van der Waals surface area contributed by atoms with Crippen LogP contribution in [0.4, 0.5) is 0 Å². The number of hydrogen-bond acceptors (Lipinski definition) is 2. The molecule has 0 spiro atoms. The highest BCUT2D eigenvalue weighted by Crippen LogP contribution is 2.23. The summed E-state index contributed by atoms with van der Waals surface area (Å²) in [5.41, 5.74) is 6.69. The van der Waals surface area contributed by atoms with Crippen molar-refractivity contribution in [3.8, 4) is 11.1 Å². The first kappa shape index (κ1) is 18.2. The Balaban J connectivity index is 1.70. The maximum absolute atomic E-state index is 12.3. The number of carbonyl (C=O) groups excluding carboxylic acids is 1. The zero-order valence-corrected chi connectivity index (χ0v) is 15.6. The van der Waals surface area contributed by atoms with Crippen LogP contribution in [0.3, 0.4) is 0 Å². The van der Waals surface area contributed by atoms with Gasteiger partial charge in [-0.3, -0.25) is 4.79 Å². The van der Waals surface area contributed by atoms with Gasteiger partial charge in [-0.25, -0.2) is 5.43 Å². The standard InChI is InChI=1S/C21H16Cl2N2O/c1-14(18-11-12-19(22)20(23)13-18)24-25-21(26)17-9-7-16(8-10-17)15-5-3-2-4-6-15/h2-13H,1H3,(H,25,26). The zero-order valence-electron chi connectivity index (χ0n) is 14.0. The maximum Gasteiger partial charge on any atom is 0.271 e. The highest BCUT2D eigenvalue weighted by atomic mass is 35.5. The van der Waals surface area contributed by atoms with E-state index in [1.54, 1.807) is 37.3 Å². The summed E-state index contributed by atoms with van der Waals surface area (Å²) in [6.07, 6.45) is 0. The molecule has 0 saturated heterocycles. The predicted octanol–water partition coefficient (Wildman–Crippen LogP) is 5.81. The zero-order chi connectivity index (χ0) is 18.5. The molecule has 26 heavy (non-hydrogen) atoms. The Morgan fingerprint density at radius 1 is 0.808 bits per heavy atom. The third-order valence-corrected chi connectivity index (χ3v) is 4.66. The molecule has 1 N–H and O–H groups in total. The van der Waals surface area contributed by atoms with Crippen LogP contribution < -0.4 is 5.43 Å². The van der Waals surface area contributed by atoms with Gasteiger partial charge in [-0.2, -0.15) is 5.10 Å². The Morgan fingerprint density at radius 3 is 2.08 bits per heavy atom. The van der Waals surface area contributed by atoms with Gasteiger partial charge in [0.15, 0.2) is 0 Å². The fourth-order valence-electron chi connectivity index (χ4n) is 2.43. The molecule has 3 rings (SSSR count). The van der Waals surface area contributed by atoms with E-state index in [-0.39, 0.29) is 5.91 Å². The van der Waals surface area contributed by atoms with Gasteiger partial charge in [0.05, 0.1) is 15.8 Å². The predicted molar refractivity (Wildman–Crippen MR) is 108 cm³/mol. The van der Waals surface area contributed by atoms with E-state index in [9.17, 15) is 4.79 Å². The summed E-state index contributed by atoms with van der Waals surface area (Å²) in [6.45, 7) is 1.79. The number of halogens is 2. The Morgan fingerprint density at radius 2 is 1.42 bits per heavy atom. The van der Waals surface area contributed by atoms with Crippen molar-refractivity contribution in [3.63, 3.8) is 0 Å². The molecule has 3 aromatic rings. The summed E-state index contributed by atoms with van der Waals surface area (Å²) >= 11 is 11.9. The molecule has 0 fully saturated rings. The molecule has 0 atom stereocenters. The monoisotopic (exact) mass is 382 g/mol. The third kappa shape index (κ3) is 4.31. The minimum atomic E-state index is -0.274. The van der Waals surface area contributed by atoms with Crippen LogP contribution in [-0.2, 0) is 0 Å². The highest BCUT2D eigenvalue weighted by Gasteiger charge is 2.07. The minimum Gasteiger partial charge on any atom is -0.267 e. The number of amides is 1. The van der Waals surface area contributed by atoms with Crippen molar-refractivity contribution in [1.82, 2.24) is 5.43 Å². The summed E-state index contributed by atoms with van der Waals surface area (Å²) in [6, 6.07) is 22.6. The maximum atomic E-state index is 12.3. The molecule has 0 bridgehead atoms. The lowest BCUT2D eigenvalue weighted by Gasteiger charge is -2.06. The van der Waals surface area contributed by atoms with E-state index in [1.807, 2.05) is 42.5 Å². The van der Waals surface area contributed by atoms with Crippen molar-refractivity contribution in [1.29, 1.82) is 0 Å². The molecule has 0 aliphatic carbocycles. The molecule has 3 aromatic carbocycles. The molecule has 0 unspecified atom stereocenters. The first-order valence-electron chi connectivity index (χ1n) is 8.00. The van der Waals surface area contributed by atoms with Gasteiger partial charge in [-0.1, -0.05) is 71.7 Å². The Labute approximate surface area is 162 Å². The SMILES string of the molecule is CC(=NNC(=O)c1ccc(-c2ccccc2)cc1)c1ccc(Cl)c(Cl)c1. The second-order valence-electron chi connectivity index (χ2n) is 5.71. The molecular formula is C21H16Cl2N2O. The summed E-state index contributed by atoms with van der Waals surface area (Å²) in [4.78, 5) is 12.3. The molecule has 5 heteroatoms. The molecule has 0 heterocycles. The van der Waals surface area contributed by atoms with E-state index >= 15 is 0 Å². The van der Waals surface area contributed by atoms with Crippen molar-refractivity contribution < 1.29 is 4.79 Å². The lowest BCUT2D eigenvalue weighted by molar-refractivity contribution is 0.0955. The minimum absolute atomic E-state index is 0.274. The van der Waals surface area contributed by atoms with E-state index < -0.39 is 0 Å². The van der Waals surface area contributed by atoms with Gasteiger partial charge in [-0.05, 0) is 47.9 Å². The van der Waals surface area contributed by atoms with Gasteiger partial charge in [0.1, 0.15) is 0 Å². The van der Waals surface area contributed by atoms with Gasteiger partial charge in [-0.15, -0.1) is 0 Å². The molecule has 130 valence electrons. The van der Waals surface area contributed by atoms with Crippen LogP contribution in [0.2, 0.25) is 10.0 Å². The van der Waals surface area contributed by atoms with Crippen LogP contribution >= 0.6 is 23.2 Å². The summed E-state index contributed by atoms with van der Waals surface area (Å²) in [7, 11) is 0. The number of nitrogens with zero attached hydrogens (tertiary/aromatic N) is 1. The lowest BCUT2D eigenvalue weighted by Crippen LogP contribution is -2.19. The number of rotatable bonds is 4. The molecule has 0 aromatic heterocycles. The first-order valence-corrected chi connectivity index (χ1v) is 8.76. The van der Waals surface area contributed by atoms with Gasteiger partial charge in [0.2, 0.25) is 0 Å². The quantitative estimate of drug-likeness (QED) is 0.448. The molecular weight excluding hydrogens is 367 g/mol. The van der Waals surface area contributed by atoms with Gasteiger partial charge < -0.3 is 0 Å². The third-order valence-electron chi connectivity index (χ3n) is 3.92. The second-order valence-corrected chi connectivity index (χ2v) is 6.52. The van der Waals surface area contributed by atoms with Crippen LogP contribution in [0, 0.1) is 0 Å².